The van der Waals surface area contributed by atoms with Crippen LogP contribution in [0.15, 0.2) is 24.3 Å². The van der Waals surface area contributed by atoms with E-state index in [-0.39, 0.29) is 17.2 Å². The van der Waals surface area contributed by atoms with E-state index >= 15 is 0 Å². The Balaban J connectivity index is 1.85. The largest absolute Gasteiger partial charge is 0.496 e. The number of aryl methyl sites for hydroxylation is 1. The monoisotopic (exact) mass is 367 g/mol. The highest BCUT2D eigenvalue weighted by molar-refractivity contribution is 7.91. The van der Waals surface area contributed by atoms with Crippen molar-refractivity contribution in [1.82, 2.24) is 15.1 Å². The smallest absolute Gasteiger partial charge is 0.272 e. The van der Waals surface area contributed by atoms with Crippen molar-refractivity contribution in [3.63, 3.8) is 0 Å². The van der Waals surface area contributed by atoms with E-state index in [1.807, 2.05) is 0 Å². The van der Waals surface area contributed by atoms with Crippen LogP contribution in [0.3, 0.4) is 0 Å². The maximum atomic E-state index is 13.6. The van der Waals surface area contributed by atoms with Crippen LogP contribution >= 0.6 is 0 Å². The molecule has 0 bridgehead atoms. The molecule has 1 aliphatic rings. The van der Waals surface area contributed by atoms with Crippen molar-refractivity contribution in [3.8, 4) is 17.0 Å². The van der Waals surface area contributed by atoms with Gasteiger partial charge in [0.25, 0.3) is 5.91 Å². The molecule has 0 saturated carbocycles. The fourth-order valence-corrected chi connectivity index (χ4v) is 4.55. The van der Waals surface area contributed by atoms with Crippen LogP contribution in [0, 0.1) is 5.82 Å². The molecule has 1 N–H and O–H groups in total. The second-order valence-electron chi connectivity index (χ2n) is 5.96. The van der Waals surface area contributed by atoms with E-state index in [9.17, 15) is 17.6 Å². The van der Waals surface area contributed by atoms with Crippen LogP contribution in [0.2, 0.25) is 0 Å². The third-order valence-electron chi connectivity index (χ3n) is 4.12. The highest BCUT2D eigenvalue weighted by atomic mass is 32.2. The first kappa shape index (κ1) is 17.4. The lowest BCUT2D eigenvalue weighted by atomic mass is 10.1. The Kier molecular flexibility index (Phi) is 4.51. The Labute approximate surface area is 144 Å². The number of carbonyl (C=O) groups is 1. The van der Waals surface area contributed by atoms with Crippen molar-refractivity contribution in [2.45, 2.75) is 12.5 Å². The van der Waals surface area contributed by atoms with E-state index < -0.39 is 27.6 Å². The number of hydrogen-bond donors (Lipinski definition) is 1. The molecule has 1 fully saturated rings. The Hall–Kier alpha value is -2.42. The quantitative estimate of drug-likeness (QED) is 0.876. The lowest BCUT2D eigenvalue weighted by molar-refractivity contribution is 0.0935. The summed E-state index contributed by atoms with van der Waals surface area (Å²) >= 11 is 0. The number of rotatable bonds is 4. The molecule has 7 nitrogen and oxygen atoms in total. The van der Waals surface area contributed by atoms with E-state index in [2.05, 4.69) is 10.4 Å². The Bertz CT molecular complexity index is 923. The molecule has 1 amide bonds. The molecule has 1 unspecified atom stereocenters. The number of nitrogens with zero attached hydrogens (tertiary/aromatic N) is 2. The van der Waals surface area contributed by atoms with Gasteiger partial charge in [0, 0.05) is 18.7 Å². The second kappa shape index (κ2) is 6.47. The molecule has 1 aliphatic heterocycles. The Morgan fingerprint density at radius 1 is 1.40 bits per heavy atom. The molecule has 1 atom stereocenters. The van der Waals surface area contributed by atoms with Crippen LogP contribution in [0.4, 0.5) is 4.39 Å². The maximum Gasteiger partial charge on any atom is 0.272 e. The molecule has 1 saturated heterocycles. The van der Waals surface area contributed by atoms with E-state index in [0.717, 1.165) is 0 Å². The number of carbonyl (C=O) groups excluding carboxylic acids is 1. The number of nitrogens with one attached hydrogen (secondary N) is 1. The number of benzene rings is 1. The van der Waals surface area contributed by atoms with Gasteiger partial charge in [-0.2, -0.15) is 5.10 Å². The number of hydrogen-bond acceptors (Lipinski definition) is 5. The molecule has 25 heavy (non-hydrogen) atoms. The average molecular weight is 367 g/mol. The zero-order chi connectivity index (χ0) is 18.2. The van der Waals surface area contributed by atoms with E-state index in [1.165, 1.54) is 36.1 Å². The fourth-order valence-electron chi connectivity index (χ4n) is 2.88. The lowest BCUT2D eigenvalue weighted by Gasteiger charge is -2.08. The van der Waals surface area contributed by atoms with Crippen molar-refractivity contribution in [3.05, 3.63) is 35.8 Å². The second-order valence-corrected chi connectivity index (χ2v) is 8.19. The van der Waals surface area contributed by atoms with Crippen LogP contribution in [-0.4, -0.2) is 48.8 Å². The summed E-state index contributed by atoms with van der Waals surface area (Å²) < 4.78 is 43.2. The lowest BCUT2D eigenvalue weighted by Crippen LogP contribution is -2.35. The molecular formula is C16H18FN3O4S. The number of ether oxygens (including phenoxy) is 1. The molecule has 0 aliphatic carbocycles. The van der Waals surface area contributed by atoms with Crippen molar-refractivity contribution < 1.29 is 22.3 Å². The topological polar surface area (TPSA) is 90.3 Å². The highest BCUT2D eigenvalue weighted by Crippen LogP contribution is 2.30. The van der Waals surface area contributed by atoms with Gasteiger partial charge in [-0.3, -0.25) is 9.48 Å². The number of sulfone groups is 1. The summed E-state index contributed by atoms with van der Waals surface area (Å²) in [5.74, 6) is -0.418. The van der Waals surface area contributed by atoms with Crippen LogP contribution < -0.4 is 10.1 Å². The summed E-state index contributed by atoms with van der Waals surface area (Å²) in [4.78, 5) is 12.3. The number of aromatic nitrogens is 2. The highest BCUT2D eigenvalue weighted by Gasteiger charge is 2.30. The van der Waals surface area contributed by atoms with Gasteiger partial charge in [0.05, 0.1) is 24.3 Å². The van der Waals surface area contributed by atoms with Crippen molar-refractivity contribution in [2.24, 2.45) is 7.05 Å². The predicted molar refractivity (Wildman–Crippen MR) is 89.7 cm³/mol. The van der Waals surface area contributed by atoms with Crippen molar-refractivity contribution in [1.29, 1.82) is 0 Å². The first-order valence-electron chi connectivity index (χ1n) is 7.68. The molecule has 0 spiro atoms. The van der Waals surface area contributed by atoms with Gasteiger partial charge in [0.1, 0.15) is 11.6 Å². The van der Waals surface area contributed by atoms with Crippen LogP contribution in [0.1, 0.15) is 16.9 Å². The first-order chi connectivity index (χ1) is 11.8. The molecule has 3 rings (SSSR count). The summed E-state index contributed by atoms with van der Waals surface area (Å²) in [6, 6.07) is 5.21. The molecule has 0 radical (unpaired) electrons. The Morgan fingerprint density at radius 2 is 2.16 bits per heavy atom. The third kappa shape index (κ3) is 3.65. The predicted octanol–water partition coefficient (Wildman–Crippen LogP) is 1.15. The van der Waals surface area contributed by atoms with Gasteiger partial charge in [0.15, 0.2) is 15.5 Å². The summed E-state index contributed by atoms with van der Waals surface area (Å²) in [5, 5.41) is 6.83. The normalized spacial score (nSPS) is 18.9. The van der Waals surface area contributed by atoms with Gasteiger partial charge in [-0.15, -0.1) is 0 Å². The summed E-state index contributed by atoms with van der Waals surface area (Å²) in [5.41, 5.74) is 1.12. The number of halogens is 1. The number of amides is 1. The van der Waals surface area contributed by atoms with Crippen LogP contribution in [0.25, 0.3) is 11.3 Å². The standard InChI is InChI=1S/C16H18FN3O4S/c1-20-14(12-7-10(17)3-4-15(12)24-2)8-13(19-20)16(21)18-11-5-6-25(22,23)9-11/h3-4,7-8,11H,5-6,9H2,1-2H3,(H,18,21). The third-order valence-corrected chi connectivity index (χ3v) is 5.89. The molecule has 1 aromatic carbocycles. The average Bonchev–Trinajstić information content (AvgIpc) is 3.09. The van der Waals surface area contributed by atoms with E-state index in [0.29, 0.717) is 23.4 Å². The molecule has 2 aromatic rings. The zero-order valence-corrected chi connectivity index (χ0v) is 14.6. The SMILES string of the molecule is COc1ccc(F)cc1-c1cc(C(=O)NC2CCS(=O)(=O)C2)nn1C. The molecule has 9 heteroatoms. The minimum atomic E-state index is -3.08. The number of methoxy groups -OCH3 is 1. The van der Waals surface area contributed by atoms with E-state index in [4.69, 9.17) is 4.74 Å². The van der Waals surface area contributed by atoms with Gasteiger partial charge >= 0.3 is 0 Å². The van der Waals surface area contributed by atoms with Gasteiger partial charge in [-0.1, -0.05) is 0 Å². The van der Waals surface area contributed by atoms with Gasteiger partial charge in [0.2, 0.25) is 0 Å². The molecule has 134 valence electrons. The summed E-state index contributed by atoms with van der Waals surface area (Å²) in [6.07, 6.45) is 0.394. The summed E-state index contributed by atoms with van der Waals surface area (Å²) in [7, 11) is 0.0273. The van der Waals surface area contributed by atoms with E-state index in [1.54, 1.807) is 7.05 Å². The van der Waals surface area contributed by atoms with Crippen LogP contribution in [-0.2, 0) is 16.9 Å². The van der Waals surface area contributed by atoms with Crippen LogP contribution in [0.5, 0.6) is 5.75 Å². The fraction of sp³-hybridized carbons (Fsp3) is 0.375. The Morgan fingerprint density at radius 3 is 2.80 bits per heavy atom. The van der Waals surface area contributed by atoms with Gasteiger partial charge in [-0.25, -0.2) is 12.8 Å². The van der Waals surface area contributed by atoms with Crippen molar-refractivity contribution in [2.75, 3.05) is 18.6 Å². The van der Waals surface area contributed by atoms with Gasteiger partial charge in [-0.05, 0) is 30.7 Å². The zero-order valence-electron chi connectivity index (χ0n) is 13.8. The van der Waals surface area contributed by atoms with Gasteiger partial charge < -0.3 is 10.1 Å². The molecule has 1 aromatic heterocycles. The first-order valence-corrected chi connectivity index (χ1v) is 9.50. The molecule has 2 heterocycles. The minimum Gasteiger partial charge on any atom is -0.496 e. The molecular weight excluding hydrogens is 349 g/mol. The maximum absolute atomic E-state index is 13.6. The van der Waals surface area contributed by atoms with Crippen molar-refractivity contribution >= 4 is 15.7 Å². The minimum absolute atomic E-state index is 0.0594. The summed E-state index contributed by atoms with van der Waals surface area (Å²) in [6.45, 7) is 0.